The molecule has 0 saturated heterocycles. The van der Waals surface area contributed by atoms with Crippen LogP contribution >= 0.6 is 35.8 Å². The molecular weight excluding hydrogens is 189 g/mol. The van der Waals surface area contributed by atoms with Crippen molar-refractivity contribution < 1.29 is 0 Å². The van der Waals surface area contributed by atoms with Gasteiger partial charge in [-0.15, -0.1) is 12.6 Å². The maximum Gasteiger partial charge on any atom is 0.150 e. The number of rotatable bonds is 0. The van der Waals surface area contributed by atoms with Gasteiger partial charge in [-0.05, 0) is 12.1 Å². The largest absolute Gasteiger partial charge is 0.265 e. The van der Waals surface area contributed by atoms with Gasteiger partial charge in [0.1, 0.15) is 4.17 Å². The van der Waals surface area contributed by atoms with Gasteiger partial charge in [0.15, 0.2) is 0 Å². The fourth-order valence-electron chi connectivity index (χ4n) is 0.313. The predicted molar refractivity (Wildman–Crippen MR) is 48.7 cm³/mol. The predicted octanol–water partition coefficient (Wildman–Crippen LogP) is 2.76. The number of pyridine rings is 1. The van der Waals surface area contributed by atoms with E-state index in [4.69, 9.17) is 23.2 Å². The van der Waals surface area contributed by atoms with Crippen molar-refractivity contribution in [1.29, 1.82) is 0 Å². The van der Waals surface area contributed by atoms with Crippen LogP contribution in [0.25, 0.3) is 0 Å². The van der Waals surface area contributed by atoms with Gasteiger partial charge < -0.3 is 0 Å². The van der Waals surface area contributed by atoms with Crippen molar-refractivity contribution >= 4 is 35.8 Å². The van der Waals surface area contributed by atoms with Crippen LogP contribution in [0.3, 0.4) is 0 Å². The van der Waals surface area contributed by atoms with Crippen LogP contribution in [0, 0.1) is 0 Å². The zero-order chi connectivity index (χ0) is 7.82. The average Bonchev–Trinajstić information content (AvgIpc) is 1.90. The number of halogens is 2. The van der Waals surface area contributed by atoms with Crippen LogP contribution in [0.15, 0.2) is 30.6 Å². The third kappa shape index (κ3) is 11.0. The highest BCUT2D eigenvalue weighted by atomic mass is 35.5. The van der Waals surface area contributed by atoms with Gasteiger partial charge in [0, 0.05) is 12.4 Å². The summed E-state index contributed by atoms with van der Waals surface area (Å²) in [4.78, 5) is 3.78. The molecule has 1 rings (SSSR count). The van der Waals surface area contributed by atoms with Crippen LogP contribution in [0.1, 0.15) is 0 Å². The van der Waals surface area contributed by atoms with Crippen molar-refractivity contribution in [1.82, 2.24) is 4.98 Å². The highest BCUT2D eigenvalue weighted by Crippen LogP contribution is 2.02. The molecule has 1 heterocycles. The van der Waals surface area contributed by atoms with Crippen LogP contribution in [0.2, 0.25) is 0 Å². The van der Waals surface area contributed by atoms with Crippen LogP contribution in [0.4, 0.5) is 0 Å². The van der Waals surface area contributed by atoms with Crippen molar-refractivity contribution in [2.75, 3.05) is 0 Å². The van der Waals surface area contributed by atoms with Gasteiger partial charge in [-0.2, -0.15) is 0 Å². The van der Waals surface area contributed by atoms with Gasteiger partial charge in [-0.1, -0.05) is 29.3 Å². The zero-order valence-corrected chi connectivity index (χ0v) is 7.52. The van der Waals surface area contributed by atoms with Crippen molar-refractivity contribution in [3.8, 4) is 0 Å². The zero-order valence-electron chi connectivity index (χ0n) is 5.11. The monoisotopic (exact) mass is 195 g/mol. The Morgan fingerprint density at radius 2 is 1.50 bits per heavy atom. The normalized spacial score (nSPS) is 8.40. The summed E-state index contributed by atoms with van der Waals surface area (Å²) >= 11 is 13.3. The fraction of sp³-hybridized carbons (Fsp3) is 0.167. The van der Waals surface area contributed by atoms with E-state index in [1.54, 1.807) is 12.4 Å². The summed E-state index contributed by atoms with van der Waals surface area (Å²) < 4.78 is -0.528. The summed E-state index contributed by atoms with van der Waals surface area (Å²) in [6, 6.07) is 5.72. The molecule has 4 heteroatoms. The minimum atomic E-state index is -0.528. The minimum Gasteiger partial charge on any atom is -0.265 e. The molecule has 0 N–H and O–H groups in total. The minimum absolute atomic E-state index is 0.528. The van der Waals surface area contributed by atoms with Gasteiger partial charge >= 0.3 is 0 Å². The Morgan fingerprint density at radius 3 is 1.60 bits per heavy atom. The molecule has 0 radical (unpaired) electrons. The molecule has 10 heavy (non-hydrogen) atoms. The SMILES string of the molecule is SC(Cl)Cl.c1ccncc1. The van der Waals surface area contributed by atoms with Crippen molar-refractivity contribution in [3.63, 3.8) is 0 Å². The summed E-state index contributed by atoms with van der Waals surface area (Å²) in [5.74, 6) is 0. The molecule has 0 spiro atoms. The maximum absolute atomic E-state index is 4.90. The lowest BCUT2D eigenvalue weighted by atomic mass is 10.5. The molecule has 1 nitrogen and oxygen atoms in total. The Morgan fingerprint density at radius 1 is 1.10 bits per heavy atom. The van der Waals surface area contributed by atoms with E-state index in [-0.39, 0.29) is 0 Å². The molecule has 0 bridgehead atoms. The lowest BCUT2D eigenvalue weighted by molar-refractivity contribution is 1.33. The second kappa shape index (κ2) is 7.19. The summed E-state index contributed by atoms with van der Waals surface area (Å²) in [6.45, 7) is 0. The Kier molecular flexibility index (Phi) is 7.25. The summed E-state index contributed by atoms with van der Waals surface area (Å²) in [6.07, 6.45) is 3.50. The second-order valence-corrected chi connectivity index (χ2v) is 3.52. The second-order valence-electron chi connectivity index (χ2n) is 1.30. The number of thiol groups is 1. The van der Waals surface area contributed by atoms with E-state index in [1.807, 2.05) is 18.2 Å². The van der Waals surface area contributed by atoms with Gasteiger partial charge in [0.05, 0.1) is 0 Å². The molecular formula is C6H7Cl2NS. The summed E-state index contributed by atoms with van der Waals surface area (Å²) in [5.41, 5.74) is 0. The Labute approximate surface area is 75.8 Å². The van der Waals surface area contributed by atoms with Crippen molar-refractivity contribution in [2.45, 2.75) is 4.17 Å². The van der Waals surface area contributed by atoms with E-state index in [0.717, 1.165) is 0 Å². The van der Waals surface area contributed by atoms with Gasteiger partial charge in [-0.3, -0.25) is 4.98 Å². The number of hydrogen-bond donors (Lipinski definition) is 1. The number of alkyl halides is 2. The van der Waals surface area contributed by atoms with Crippen LogP contribution in [0.5, 0.6) is 0 Å². The third-order valence-corrected chi connectivity index (χ3v) is 0.566. The maximum atomic E-state index is 4.90. The number of hydrogen-bond acceptors (Lipinski definition) is 2. The van der Waals surface area contributed by atoms with Crippen LogP contribution in [-0.4, -0.2) is 9.15 Å². The van der Waals surface area contributed by atoms with E-state index in [9.17, 15) is 0 Å². The first-order chi connectivity index (χ1) is 4.73. The molecule has 0 aliphatic carbocycles. The fourth-order valence-corrected chi connectivity index (χ4v) is 0.313. The Balaban J connectivity index is 0.000000180. The average molecular weight is 196 g/mol. The Bertz CT molecular complexity index is 116. The molecule has 0 aliphatic rings. The molecule has 1 aromatic rings. The molecule has 1 aromatic heterocycles. The van der Waals surface area contributed by atoms with Gasteiger partial charge in [0.25, 0.3) is 0 Å². The first-order valence-corrected chi connectivity index (χ1v) is 3.93. The molecule has 0 atom stereocenters. The van der Waals surface area contributed by atoms with E-state index >= 15 is 0 Å². The first-order valence-electron chi connectivity index (χ1n) is 2.54. The molecule has 0 aliphatic heterocycles. The van der Waals surface area contributed by atoms with Crippen molar-refractivity contribution in [2.24, 2.45) is 0 Å². The van der Waals surface area contributed by atoms with E-state index in [2.05, 4.69) is 17.6 Å². The lowest BCUT2D eigenvalue weighted by Crippen LogP contribution is -1.58. The third-order valence-electron chi connectivity index (χ3n) is 0.566. The first kappa shape index (κ1) is 10.1. The lowest BCUT2D eigenvalue weighted by Gasteiger charge is -1.72. The van der Waals surface area contributed by atoms with E-state index in [0.29, 0.717) is 0 Å². The molecule has 56 valence electrons. The molecule has 0 saturated carbocycles. The Hall–Kier alpha value is 0.0800. The van der Waals surface area contributed by atoms with E-state index < -0.39 is 4.17 Å². The van der Waals surface area contributed by atoms with Crippen LogP contribution < -0.4 is 0 Å². The molecule has 0 fully saturated rings. The number of nitrogens with zero attached hydrogens (tertiary/aromatic N) is 1. The topological polar surface area (TPSA) is 12.9 Å². The quantitative estimate of drug-likeness (QED) is 0.497. The number of aromatic nitrogens is 1. The highest BCUT2D eigenvalue weighted by molar-refractivity contribution is 7.84. The van der Waals surface area contributed by atoms with Gasteiger partial charge in [0.2, 0.25) is 0 Å². The van der Waals surface area contributed by atoms with Gasteiger partial charge in [-0.25, -0.2) is 0 Å². The van der Waals surface area contributed by atoms with Crippen molar-refractivity contribution in [3.05, 3.63) is 30.6 Å². The van der Waals surface area contributed by atoms with E-state index in [1.165, 1.54) is 0 Å². The smallest absolute Gasteiger partial charge is 0.150 e. The summed E-state index contributed by atoms with van der Waals surface area (Å²) in [5, 5.41) is 0. The highest BCUT2D eigenvalue weighted by Gasteiger charge is 1.76. The van der Waals surface area contributed by atoms with Crippen LogP contribution in [-0.2, 0) is 0 Å². The molecule has 0 aromatic carbocycles. The summed E-state index contributed by atoms with van der Waals surface area (Å²) in [7, 11) is 0. The molecule has 0 amide bonds. The molecule has 0 unspecified atom stereocenters. The standard InChI is InChI=1S/C5H5N.CH2Cl2S/c1-2-4-6-5-3-1;2-1(3)4/h1-5H;1,4H.